The largest absolute Gasteiger partial charge is 0.457 e. The van der Waals surface area contributed by atoms with Crippen molar-refractivity contribution in [1.82, 2.24) is 29.1 Å². The maximum absolute atomic E-state index is 10.0. The molecule has 7 heterocycles. The van der Waals surface area contributed by atoms with E-state index in [0.29, 0.717) is 16.9 Å². The maximum atomic E-state index is 10.0. The Kier molecular flexibility index (Phi) is 5.93. The van der Waals surface area contributed by atoms with Gasteiger partial charge in [0.25, 0.3) is 0 Å². The Balaban J connectivity index is 1.14. The molecule has 9 nitrogen and oxygen atoms in total. The fourth-order valence-electron chi connectivity index (χ4n) is 9.25. The van der Waals surface area contributed by atoms with Crippen LogP contribution in [-0.2, 0) is 5.41 Å². The molecule has 2 aliphatic rings. The maximum Gasteiger partial charge on any atom is 0.138 e. The monoisotopic (exact) mass is 716 g/mol. The molecule has 0 fully saturated rings. The fraction of sp³-hybridized carbons (Fsp3) is 0.0213. The zero-order chi connectivity index (χ0) is 37.1. The van der Waals surface area contributed by atoms with Crippen molar-refractivity contribution in [3.8, 4) is 46.5 Å². The smallest absolute Gasteiger partial charge is 0.138 e. The third kappa shape index (κ3) is 3.80. The van der Waals surface area contributed by atoms with Crippen molar-refractivity contribution < 1.29 is 4.74 Å². The van der Waals surface area contributed by atoms with E-state index in [1.165, 1.54) is 0 Å². The summed E-state index contributed by atoms with van der Waals surface area (Å²) in [6.45, 7) is 0. The summed E-state index contributed by atoms with van der Waals surface area (Å²) in [7, 11) is 0. The van der Waals surface area contributed by atoms with Crippen LogP contribution >= 0.6 is 0 Å². The van der Waals surface area contributed by atoms with Crippen molar-refractivity contribution in [2.24, 2.45) is 0 Å². The van der Waals surface area contributed by atoms with Crippen molar-refractivity contribution in [1.29, 1.82) is 10.5 Å². The van der Waals surface area contributed by atoms with E-state index in [4.69, 9.17) is 19.7 Å². The minimum atomic E-state index is -0.735. The van der Waals surface area contributed by atoms with Gasteiger partial charge in [0.2, 0.25) is 0 Å². The number of fused-ring (bicyclic) bond motifs is 15. The normalized spacial score (nSPS) is 13.2. The Morgan fingerprint density at radius 3 is 1.89 bits per heavy atom. The van der Waals surface area contributed by atoms with Gasteiger partial charge >= 0.3 is 0 Å². The molecule has 0 bridgehead atoms. The van der Waals surface area contributed by atoms with Gasteiger partial charge in [0.05, 0.1) is 74.5 Å². The minimum absolute atomic E-state index is 0.563. The van der Waals surface area contributed by atoms with E-state index in [1.54, 1.807) is 6.20 Å². The molecule has 4 aromatic carbocycles. The molecule has 1 aliphatic carbocycles. The van der Waals surface area contributed by atoms with Crippen LogP contribution in [-0.4, -0.2) is 29.1 Å². The van der Waals surface area contributed by atoms with Gasteiger partial charge in [-0.25, -0.2) is 4.98 Å². The Morgan fingerprint density at radius 2 is 1.14 bits per heavy atom. The number of aromatic nitrogens is 6. The Morgan fingerprint density at radius 1 is 0.500 bits per heavy atom. The van der Waals surface area contributed by atoms with Crippen LogP contribution in [0.3, 0.4) is 0 Å². The second kappa shape index (κ2) is 11.0. The Hall–Kier alpha value is -8.14. The molecule has 0 amide bonds. The highest BCUT2D eigenvalue weighted by molar-refractivity contribution is 6.12. The quantitative estimate of drug-likeness (QED) is 0.175. The predicted molar refractivity (Wildman–Crippen MR) is 213 cm³/mol. The zero-order valence-electron chi connectivity index (χ0n) is 29.3. The summed E-state index contributed by atoms with van der Waals surface area (Å²) in [4.78, 5) is 19.3. The zero-order valence-corrected chi connectivity index (χ0v) is 29.3. The van der Waals surface area contributed by atoms with Gasteiger partial charge in [-0.3, -0.25) is 19.5 Å². The number of ether oxygens (including phenoxy) is 1. The summed E-state index contributed by atoms with van der Waals surface area (Å²) in [6.07, 6.45) is 9.16. The number of rotatable bonds is 2. The molecule has 0 saturated heterocycles. The first-order valence-electron chi connectivity index (χ1n) is 18.1. The van der Waals surface area contributed by atoms with Crippen LogP contribution in [0, 0.1) is 22.7 Å². The highest BCUT2D eigenvalue weighted by Gasteiger charge is 2.52. The molecule has 0 atom stereocenters. The molecule has 0 unspecified atom stereocenters. The van der Waals surface area contributed by atoms with Crippen LogP contribution in [0.2, 0.25) is 0 Å². The summed E-state index contributed by atoms with van der Waals surface area (Å²) in [5, 5.41) is 23.5. The van der Waals surface area contributed by atoms with E-state index in [9.17, 15) is 10.5 Å². The van der Waals surface area contributed by atoms with Crippen molar-refractivity contribution >= 4 is 43.6 Å². The van der Waals surface area contributed by atoms with Crippen molar-refractivity contribution in [2.75, 3.05) is 0 Å². The van der Waals surface area contributed by atoms with E-state index < -0.39 is 5.41 Å². The molecular formula is C47H24N8O. The number of benzene rings is 4. The van der Waals surface area contributed by atoms with E-state index in [2.05, 4.69) is 74.8 Å². The van der Waals surface area contributed by atoms with Crippen LogP contribution in [0.15, 0.2) is 146 Å². The summed E-state index contributed by atoms with van der Waals surface area (Å²) >= 11 is 0. The number of hydrogen-bond acceptors (Lipinski definition) is 7. The molecule has 9 heteroatoms. The summed E-state index contributed by atoms with van der Waals surface area (Å²) < 4.78 is 11.0. The van der Waals surface area contributed by atoms with Gasteiger partial charge in [-0.2, -0.15) is 10.5 Å². The lowest BCUT2D eigenvalue weighted by atomic mass is 9.66. The molecule has 258 valence electrons. The Bertz CT molecular complexity index is 3410. The van der Waals surface area contributed by atoms with Gasteiger partial charge in [-0.15, -0.1) is 0 Å². The number of para-hydroxylation sites is 1. The molecule has 6 aromatic heterocycles. The van der Waals surface area contributed by atoms with Gasteiger partial charge in [-0.05, 0) is 96.1 Å². The number of hydrogen-bond donors (Lipinski definition) is 0. The van der Waals surface area contributed by atoms with Gasteiger partial charge < -0.3 is 9.30 Å². The average Bonchev–Trinajstić information content (AvgIpc) is 3.87. The molecular weight excluding hydrogens is 693 g/mol. The van der Waals surface area contributed by atoms with E-state index in [1.807, 2.05) is 91.5 Å². The summed E-state index contributed by atoms with van der Waals surface area (Å²) in [5.74, 6) is 2.25. The van der Waals surface area contributed by atoms with Crippen LogP contribution in [0.1, 0.15) is 33.4 Å². The van der Waals surface area contributed by atoms with Crippen molar-refractivity contribution in [3.63, 3.8) is 0 Å². The number of nitriles is 2. The third-order valence-electron chi connectivity index (χ3n) is 11.5. The molecule has 56 heavy (non-hydrogen) atoms. The molecule has 0 saturated carbocycles. The van der Waals surface area contributed by atoms with Crippen LogP contribution in [0.4, 0.5) is 0 Å². The first-order chi connectivity index (χ1) is 27.7. The fourth-order valence-corrected chi connectivity index (χ4v) is 9.25. The molecule has 1 aliphatic heterocycles. The first kappa shape index (κ1) is 30.3. The highest BCUT2D eigenvalue weighted by Crippen LogP contribution is 2.61. The third-order valence-corrected chi connectivity index (χ3v) is 11.5. The van der Waals surface area contributed by atoms with Gasteiger partial charge in [0, 0.05) is 56.9 Å². The van der Waals surface area contributed by atoms with Crippen LogP contribution in [0.25, 0.3) is 66.5 Å². The van der Waals surface area contributed by atoms with Gasteiger partial charge in [0.15, 0.2) is 0 Å². The number of pyridine rings is 4. The molecule has 0 N–H and O–H groups in total. The van der Waals surface area contributed by atoms with Crippen LogP contribution in [0.5, 0.6) is 11.5 Å². The number of nitrogens with zero attached hydrogens (tertiary/aromatic N) is 8. The molecule has 0 radical (unpaired) electrons. The topological polar surface area (TPSA) is 118 Å². The molecule has 12 rings (SSSR count). The SMILES string of the molecule is N#Cc1ccc2c(c1)c1cc(-n3c4ccc(C#N)cc4c4ccncc43)ncc1n2-c1ccc2c(c1)C1(c3ccccc3O2)c2cccnc2-c2ncccc21. The average molecular weight is 717 g/mol. The van der Waals surface area contributed by atoms with Crippen molar-refractivity contribution in [3.05, 3.63) is 180 Å². The van der Waals surface area contributed by atoms with Crippen molar-refractivity contribution in [2.45, 2.75) is 5.41 Å². The second-order valence-electron chi connectivity index (χ2n) is 14.1. The lowest BCUT2D eigenvalue weighted by Crippen LogP contribution is -2.32. The lowest BCUT2D eigenvalue weighted by molar-refractivity contribution is 0.436. The summed E-state index contributed by atoms with van der Waals surface area (Å²) in [5.41, 5.74) is 10.8. The predicted octanol–water partition coefficient (Wildman–Crippen LogP) is 9.67. The van der Waals surface area contributed by atoms with E-state index in [0.717, 1.165) is 94.4 Å². The molecule has 10 aromatic rings. The first-order valence-corrected chi connectivity index (χ1v) is 18.1. The van der Waals surface area contributed by atoms with Gasteiger partial charge in [0.1, 0.15) is 17.3 Å². The Labute approximate surface area is 318 Å². The van der Waals surface area contributed by atoms with E-state index >= 15 is 0 Å². The van der Waals surface area contributed by atoms with Crippen LogP contribution < -0.4 is 4.74 Å². The van der Waals surface area contributed by atoms with Gasteiger partial charge in [-0.1, -0.05) is 30.3 Å². The lowest BCUT2D eigenvalue weighted by Gasteiger charge is -2.39. The summed E-state index contributed by atoms with van der Waals surface area (Å²) in [6, 6.07) is 43.1. The molecule has 1 spiro atoms. The highest BCUT2D eigenvalue weighted by atomic mass is 16.5. The minimum Gasteiger partial charge on any atom is -0.457 e. The standard InChI is InChI=1S/C47H24N8O/c48-23-27-10-13-39-31(19-27)30-15-18-50-25-40(30)55(39)44-22-33-32-20-28(24-49)9-12-38(32)54(41(33)26-53-44)29-11-14-43-37(21-29)47(34-5-1-2-8-42(34)56-43)35-6-3-16-51-45(35)46-36(47)7-4-17-52-46/h1-22,25-26H. The van der Waals surface area contributed by atoms with E-state index in [-0.39, 0.29) is 0 Å². The second-order valence-corrected chi connectivity index (χ2v) is 14.1.